The summed E-state index contributed by atoms with van der Waals surface area (Å²) in [5.41, 5.74) is 2.40. The molecule has 11 heteroatoms. The molecule has 2 aromatic rings. The zero-order valence-corrected chi connectivity index (χ0v) is 19.6. The Balaban J connectivity index is 1.31. The quantitative estimate of drug-likeness (QED) is 0.470. The van der Waals surface area contributed by atoms with Crippen molar-refractivity contribution >= 4 is 39.3 Å². The molecule has 2 fully saturated rings. The highest BCUT2D eigenvalue weighted by atomic mass is 16.5. The summed E-state index contributed by atoms with van der Waals surface area (Å²) in [7, 11) is 12.7. The average Bonchev–Trinajstić information content (AvgIpc) is 3.18. The highest BCUT2D eigenvalue weighted by Gasteiger charge is 2.40. The third kappa shape index (κ3) is 4.63. The van der Waals surface area contributed by atoms with Gasteiger partial charge in [0.25, 0.3) is 5.91 Å². The Morgan fingerprint density at radius 1 is 1.08 bits per heavy atom. The molecule has 9 nitrogen and oxygen atoms in total. The van der Waals surface area contributed by atoms with Gasteiger partial charge in [-0.3, -0.25) is 24.5 Å². The van der Waals surface area contributed by atoms with Crippen LogP contribution in [-0.2, 0) is 37.6 Å². The van der Waals surface area contributed by atoms with Crippen molar-refractivity contribution in [2.45, 2.75) is 37.4 Å². The molecule has 0 saturated carbocycles. The van der Waals surface area contributed by atoms with Crippen LogP contribution in [0.2, 0.25) is 0 Å². The van der Waals surface area contributed by atoms with Crippen LogP contribution < -0.4 is 10.1 Å². The predicted molar refractivity (Wildman–Crippen MR) is 129 cm³/mol. The minimum absolute atomic E-state index is 0.0560. The number of piperidine rings is 1. The summed E-state index contributed by atoms with van der Waals surface area (Å²) in [4.78, 5) is 52.0. The monoisotopic (exact) mass is 483 g/mol. The Bertz CT molecular complexity index is 1230. The van der Waals surface area contributed by atoms with Gasteiger partial charge in [-0.25, -0.2) is 0 Å². The van der Waals surface area contributed by atoms with Gasteiger partial charge in [-0.2, -0.15) is 0 Å². The number of rotatable bonds is 6. The fourth-order valence-corrected chi connectivity index (χ4v) is 4.70. The summed E-state index contributed by atoms with van der Waals surface area (Å²) in [6.45, 7) is 1.73. The maximum absolute atomic E-state index is 13.0. The van der Waals surface area contributed by atoms with E-state index in [0.29, 0.717) is 42.1 Å². The molecule has 3 aliphatic heterocycles. The Labute approximate surface area is 210 Å². The lowest BCUT2D eigenvalue weighted by atomic mass is 9.61. The summed E-state index contributed by atoms with van der Waals surface area (Å²) in [6, 6.07) is 11.4. The van der Waals surface area contributed by atoms with Crippen molar-refractivity contribution in [2.75, 3.05) is 19.8 Å². The lowest BCUT2D eigenvalue weighted by Gasteiger charge is -2.31. The minimum Gasteiger partial charge on any atom is -0.502 e. The Hall–Kier alpha value is -3.59. The van der Waals surface area contributed by atoms with Gasteiger partial charge < -0.3 is 19.3 Å². The van der Waals surface area contributed by atoms with E-state index in [1.54, 1.807) is 35.2 Å². The fraction of sp³-hybridized carbons (Fsp3) is 0.360. The number of hydrogen-bond acceptors (Lipinski definition) is 6. The zero-order chi connectivity index (χ0) is 25.4. The van der Waals surface area contributed by atoms with Crippen molar-refractivity contribution in [3.8, 4) is 5.75 Å². The summed E-state index contributed by atoms with van der Waals surface area (Å²) in [5.74, 6) is -0.862. The van der Waals surface area contributed by atoms with Crippen LogP contribution in [0.4, 0.5) is 0 Å². The largest absolute Gasteiger partial charge is 0.502 e. The lowest BCUT2D eigenvalue weighted by Crippen LogP contribution is -2.52. The number of amides is 4. The molecule has 0 aliphatic carbocycles. The highest BCUT2D eigenvalue weighted by molar-refractivity contribution is 6.39. The standard InChI is InChI=1S/C25H23B2N3O6/c26-25(27,16-6-4-15(5-7-16)12-29-10-11-35-14-22(29)32)36-20-3-1-2-17-18(20)13-30(24(17)34)19-8-9-21(31)28-23(19)33/h1-7,19H,8-14H2,(H,28,31,33). The van der Waals surface area contributed by atoms with Gasteiger partial charge in [0.2, 0.25) is 17.7 Å². The van der Waals surface area contributed by atoms with E-state index in [9.17, 15) is 19.2 Å². The maximum atomic E-state index is 13.0. The molecule has 180 valence electrons. The molecule has 4 amide bonds. The average molecular weight is 483 g/mol. The van der Waals surface area contributed by atoms with Crippen molar-refractivity contribution in [1.29, 1.82) is 0 Å². The first kappa shape index (κ1) is 24.1. The number of benzene rings is 2. The Morgan fingerprint density at radius 3 is 2.58 bits per heavy atom. The number of fused-ring (bicyclic) bond motifs is 1. The second-order valence-electron chi connectivity index (χ2n) is 9.14. The molecule has 2 aromatic carbocycles. The number of nitrogens with zero attached hydrogens (tertiary/aromatic N) is 2. The molecule has 1 atom stereocenters. The molecule has 0 spiro atoms. The predicted octanol–water partition coefficient (Wildman–Crippen LogP) is 0.333. The smallest absolute Gasteiger partial charge is 0.255 e. The van der Waals surface area contributed by atoms with Gasteiger partial charge in [-0.05, 0) is 29.7 Å². The van der Waals surface area contributed by atoms with Gasteiger partial charge in [-0.1, -0.05) is 30.3 Å². The van der Waals surface area contributed by atoms with Crippen LogP contribution in [0.25, 0.3) is 0 Å². The van der Waals surface area contributed by atoms with E-state index < -0.39 is 17.3 Å². The first-order chi connectivity index (χ1) is 17.2. The van der Waals surface area contributed by atoms with E-state index in [-0.39, 0.29) is 43.7 Å². The molecule has 36 heavy (non-hydrogen) atoms. The van der Waals surface area contributed by atoms with Gasteiger partial charge in [0, 0.05) is 36.0 Å². The molecule has 2 saturated heterocycles. The van der Waals surface area contributed by atoms with Gasteiger partial charge in [0.15, 0.2) is 0 Å². The SMILES string of the molecule is [B]C([B])(Oc1cccc2c1CN(C1CCC(=O)NC1=O)C2=O)c1ccc(CN2CCOCC2=O)cc1. The zero-order valence-electron chi connectivity index (χ0n) is 19.6. The Kier molecular flexibility index (Phi) is 6.34. The number of imide groups is 1. The summed E-state index contributed by atoms with van der Waals surface area (Å²) in [5, 5.41) is 0.589. The molecule has 5 rings (SSSR count). The van der Waals surface area contributed by atoms with Crippen molar-refractivity contribution < 1.29 is 28.7 Å². The number of morpholine rings is 1. The van der Waals surface area contributed by atoms with Crippen LogP contribution in [0.3, 0.4) is 0 Å². The minimum atomic E-state index is -1.70. The second-order valence-corrected chi connectivity index (χ2v) is 9.14. The van der Waals surface area contributed by atoms with Gasteiger partial charge in [0.05, 0.1) is 13.2 Å². The molecular formula is C25H23B2N3O6. The van der Waals surface area contributed by atoms with E-state index in [4.69, 9.17) is 25.2 Å². The molecule has 0 aromatic heterocycles. The molecule has 1 unspecified atom stereocenters. The van der Waals surface area contributed by atoms with Crippen molar-refractivity contribution in [3.63, 3.8) is 0 Å². The van der Waals surface area contributed by atoms with Crippen molar-refractivity contribution in [2.24, 2.45) is 0 Å². The number of carbonyl (C=O) groups is 4. The van der Waals surface area contributed by atoms with Gasteiger partial charge in [-0.15, -0.1) is 0 Å². The van der Waals surface area contributed by atoms with Crippen LogP contribution in [0, 0.1) is 0 Å². The van der Waals surface area contributed by atoms with E-state index in [2.05, 4.69) is 5.32 Å². The third-order valence-corrected chi connectivity index (χ3v) is 6.68. The topological polar surface area (TPSA) is 105 Å². The first-order valence-electron chi connectivity index (χ1n) is 11.7. The van der Waals surface area contributed by atoms with Crippen LogP contribution >= 0.6 is 0 Å². The van der Waals surface area contributed by atoms with Crippen molar-refractivity contribution in [3.05, 3.63) is 64.7 Å². The van der Waals surface area contributed by atoms with E-state index in [1.165, 1.54) is 4.90 Å². The van der Waals surface area contributed by atoms with E-state index in [0.717, 1.165) is 5.56 Å². The Morgan fingerprint density at radius 2 is 1.86 bits per heavy atom. The third-order valence-electron chi connectivity index (χ3n) is 6.68. The van der Waals surface area contributed by atoms with Crippen LogP contribution in [0.15, 0.2) is 42.5 Å². The van der Waals surface area contributed by atoms with Crippen molar-refractivity contribution in [1.82, 2.24) is 15.1 Å². The second kappa shape index (κ2) is 9.46. The molecule has 0 bridgehead atoms. The molecular weight excluding hydrogens is 460 g/mol. The molecule has 4 radical (unpaired) electrons. The van der Waals surface area contributed by atoms with Crippen LogP contribution in [0.5, 0.6) is 5.75 Å². The van der Waals surface area contributed by atoms with E-state index in [1.807, 2.05) is 12.1 Å². The van der Waals surface area contributed by atoms with Gasteiger partial charge >= 0.3 is 0 Å². The number of ether oxygens (including phenoxy) is 2. The maximum Gasteiger partial charge on any atom is 0.255 e. The number of nitrogens with one attached hydrogen (secondary N) is 1. The molecule has 3 heterocycles. The number of hydrogen-bond donors (Lipinski definition) is 1. The van der Waals surface area contributed by atoms with Crippen LogP contribution in [0.1, 0.15) is 39.9 Å². The van der Waals surface area contributed by atoms with E-state index >= 15 is 0 Å². The molecule has 1 N–H and O–H groups in total. The first-order valence-corrected chi connectivity index (χ1v) is 11.7. The normalized spacial score (nSPS) is 20.4. The summed E-state index contributed by atoms with van der Waals surface area (Å²) < 4.78 is 11.2. The van der Waals surface area contributed by atoms with Crippen LogP contribution in [-0.4, -0.2) is 74.9 Å². The summed E-state index contributed by atoms with van der Waals surface area (Å²) in [6.07, 6.45) is 0.436. The highest BCUT2D eigenvalue weighted by Crippen LogP contribution is 2.36. The lowest BCUT2D eigenvalue weighted by molar-refractivity contribution is -0.143. The fourth-order valence-electron chi connectivity index (χ4n) is 4.70. The number of carbonyl (C=O) groups excluding carboxylic acids is 4. The summed E-state index contributed by atoms with van der Waals surface area (Å²) >= 11 is 0. The van der Waals surface area contributed by atoms with Gasteiger partial charge in [0.1, 0.15) is 34.1 Å². The molecule has 3 aliphatic rings.